The third-order valence-corrected chi connectivity index (χ3v) is 7.13. The summed E-state index contributed by atoms with van der Waals surface area (Å²) in [5, 5.41) is 17.6. The van der Waals surface area contributed by atoms with Gasteiger partial charge in [0.2, 0.25) is 0 Å². The van der Waals surface area contributed by atoms with Crippen molar-refractivity contribution in [1.29, 1.82) is 0 Å². The van der Waals surface area contributed by atoms with Crippen LogP contribution in [0.5, 0.6) is 11.5 Å². The minimum atomic E-state index is -4.71. The second-order valence-corrected chi connectivity index (χ2v) is 8.75. The predicted octanol–water partition coefficient (Wildman–Crippen LogP) is 5.38. The molecule has 1 aliphatic heterocycles. The molecule has 3 N–H and O–H groups in total. The van der Waals surface area contributed by atoms with Crippen molar-refractivity contribution in [2.45, 2.75) is 56.3 Å². The van der Waals surface area contributed by atoms with Crippen molar-refractivity contribution in [2.75, 3.05) is 11.9 Å². The molecule has 1 saturated carbocycles. The quantitative estimate of drug-likeness (QED) is 0.586. The summed E-state index contributed by atoms with van der Waals surface area (Å²) < 4.78 is 40.9. The Kier molecular flexibility index (Phi) is 4.61. The SMILES string of the molecule is Oc1cc2c(cc1Nc1ccc(OC(F)(F)F)cc1)C[C@H]1NCC[C@@]23CCCC[C@@H]13. The molecule has 0 unspecified atom stereocenters. The van der Waals surface area contributed by atoms with E-state index in [1.807, 2.05) is 12.1 Å². The zero-order chi connectivity index (χ0) is 20.9. The van der Waals surface area contributed by atoms with Crippen molar-refractivity contribution in [1.82, 2.24) is 5.32 Å². The number of benzene rings is 2. The van der Waals surface area contributed by atoms with E-state index in [9.17, 15) is 18.3 Å². The lowest BCUT2D eigenvalue weighted by Gasteiger charge is -2.56. The number of alkyl halides is 3. The van der Waals surface area contributed by atoms with Crippen LogP contribution in [-0.4, -0.2) is 24.1 Å². The fraction of sp³-hybridized carbons (Fsp3) is 0.478. The zero-order valence-corrected chi connectivity index (χ0v) is 16.6. The van der Waals surface area contributed by atoms with Crippen LogP contribution < -0.4 is 15.4 Å². The molecule has 0 radical (unpaired) electrons. The van der Waals surface area contributed by atoms with Crippen molar-refractivity contribution in [3.8, 4) is 11.5 Å². The van der Waals surface area contributed by atoms with Crippen LogP contribution in [0.1, 0.15) is 43.2 Å². The molecule has 3 aliphatic rings. The first kappa shape index (κ1) is 19.5. The van der Waals surface area contributed by atoms with Crippen LogP contribution in [0.3, 0.4) is 0 Å². The van der Waals surface area contributed by atoms with Gasteiger partial charge in [0, 0.05) is 17.1 Å². The number of hydrogen-bond donors (Lipinski definition) is 3. The molecule has 2 aliphatic carbocycles. The van der Waals surface area contributed by atoms with Crippen molar-refractivity contribution >= 4 is 11.4 Å². The van der Waals surface area contributed by atoms with E-state index in [2.05, 4.69) is 15.4 Å². The van der Waals surface area contributed by atoms with Gasteiger partial charge in [0.05, 0.1) is 5.69 Å². The maximum Gasteiger partial charge on any atom is 0.573 e. The minimum absolute atomic E-state index is 0.161. The third-order valence-electron chi connectivity index (χ3n) is 7.13. The van der Waals surface area contributed by atoms with Gasteiger partial charge in [-0.25, -0.2) is 0 Å². The first-order valence-electron chi connectivity index (χ1n) is 10.6. The average molecular weight is 418 g/mol. The molecule has 160 valence electrons. The Bertz CT molecular complexity index is 941. The van der Waals surface area contributed by atoms with E-state index in [-0.39, 0.29) is 16.9 Å². The number of halogens is 3. The van der Waals surface area contributed by atoms with Gasteiger partial charge in [0.15, 0.2) is 0 Å². The molecule has 0 aromatic heterocycles. The molecule has 0 amide bonds. The number of piperidine rings is 1. The smallest absolute Gasteiger partial charge is 0.506 e. The van der Waals surface area contributed by atoms with Crippen LogP contribution in [0.15, 0.2) is 36.4 Å². The lowest BCUT2D eigenvalue weighted by atomic mass is 9.53. The molecule has 5 rings (SSSR count). The molecule has 4 nitrogen and oxygen atoms in total. The Labute approximate surface area is 173 Å². The Balaban J connectivity index is 1.43. The number of fused-ring (bicyclic) bond motifs is 1. The number of ether oxygens (including phenoxy) is 1. The van der Waals surface area contributed by atoms with E-state index in [4.69, 9.17) is 0 Å². The Morgan fingerprint density at radius 2 is 1.90 bits per heavy atom. The highest BCUT2D eigenvalue weighted by atomic mass is 19.4. The molecule has 3 atom stereocenters. The van der Waals surface area contributed by atoms with Crippen LogP contribution in [0.25, 0.3) is 0 Å². The van der Waals surface area contributed by atoms with Gasteiger partial charge in [-0.05, 0) is 85.7 Å². The second kappa shape index (κ2) is 7.08. The molecule has 1 saturated heterocycles. The maximum absolute atomic E-state index is 12.3. The lowest BCUT2D eigenvalue weighted by Crippen LogP contribution is -2.59. The van der Waals surface area contributed by atoms with Gasteiger partial charge in [-0.3, -0.25) is 0 Å². The van der Waals surface area contributed by atoms with E-state index in [1.165, 1.54) is 61.1 Å². The van der Waals surface area contributed by atoms with E-state index < -0.39 is 6.36 Å². The van der Waals surface area contributed by atoms with E-state index >= 15 is 0 Å². The highest BCUT2D eigenvalue weighted by Gasteiger charge is 2.51. The highest BCUT2D eigenvalue weighted by Crippen LogP contribution is 2.55. The Morgan fingerprint density at radius 3 is 2.67 bits per heavy atom. The van der Waals surface area contributed by atoms with Gasteiger partial charge < -0.3 is 20.5 Å². The van der Waals surface area contributed by atoms with Crippen molar-refractivity contribution < 1.29 is 23.0 Å². The number of anilines is 2. The second-order valence-electron chi connectivity index (χ2n) is 8.75. The molecule has 0 spiro atoms. The van der Waals surface area contributed by atoms with Crippen molar-refractivity contribution in [3.05, 3.63) is 47.5 Å². The van der Waals surface area contributed by atoms with Gasteiger partial charge in [-0.2, -0.15) is 0 Å². The first-order valence-corrected chi connectivity index (χ1v) is 10.6. The summed E-state index contributed by atoms with van der Waals surface area (Å²) in [6.45, 7) is 1.02. The summed E-state index contributed by atoms with van der Waals surface area (Å²) in [5.74, 6) is 0.538. The summed E-state index contributed by atoms with van der Waals surface area (Å²) in [6, 6.07) is 9.94. The van der Waals surface area contributed by atoms with Crippen LogP contribution >= 0.6 is 0 Å². The van der Waals surface area contributed by atoms with Gasteiger partial charge in [0.1, 0.15) is 11.5 Å². The summed E-state index contributed by atoms with van der Waals surface area (Å²) in [5.41, 5.74) is 3.86. The average Bonchev–Trinajstić information content (AvgIpc) is 2.70. The predicted molar refractivity (Wildman–Crippen MR) is 108 cm³/mol. The summed E-state index contributed by atoms with van der Waals surface area (Å²) in [4.78, 5) is 0. The summed E-state index contributed by atoms with van der Waals surface area (Å²) in [6.07, 6.45) is 2.26. The van der Waals surface area contributed by atoms with Crippen molar-refractivity contribution in [3.63, 3.8) is 0 Å². The molecular formula is C23H25F3N2O2. The molecule has 2 aromatic carbocycles. The van der Waals surface area contributed by atoms with Gasteiger partial charge in [-0.1, -0.05) is 12.8 Å². The topological polar surface area (TPSA) is 53.5 Å². The standard InChI is InChI=1S/C23H25F3N2O2/c24-23(25,26)30-16-6-4-15(5-7-16)28-20-12-14-11-19-17-3-1-2-8-22(17,9-10-27-19)18(14)13-21(20)29/h4-7,12-13,17,19,27-29H,1-3,8-11H2/t17-,19+,22+/m0/s1. The van der Waals surface area contributed by atoms with E-state index in [1.54, 1.807) is 0 Å². The Hall–Kier alpha value is -2.41. The normalized spacial score (nSPS) is 27.7. The van der Waals surface area contributed by atoms with Crippen LogP contribution in [-0.2, 0) is 11.8 Å². The van der Waals surface area contributed by atoms with Gasteiger partial charge in [-0.15, -0.1) is 13.2 Å². The zero-order valence-electron chi connectivity index (χ0n) is 16.6. The van der Waals surface area contributed by atoms with E-state index in [0.717, 1.165) is 19.4 Å². The summed E-state index contributed by atoms with van der Waals surface area (Å²) >= 11 is 0. The molecule has 2 aromatic rings. The van der Waals surface area contributed by atoms with Crippen LogP contribution in [0.4, 0.5) is 24.5 Å². The molecule has 1 heterocycles. The fourth-order valence-electron chi connectivity index (χ4n) is 5.97. The maximum atomic E-state index is 12.3. The van der Waals surface area contributed by atoms with E-state index in [0.29, 0.717) is 23.3 Å². The number of hydrogen-bond acceptors (Lipinski definition) is 4. The number of phenolic OH excluding ortho intramolecular Hbond substituents is 1. The molecule has 2 fully saturated rings. The molecule has 7 heteroatoms. The lowest BCUT2D eigenvalue weighted by molar-refractivity contribution is -0.274. The van der Waals surface area contributed by atoms with Crippen molar-refractivity contribution in [2.24, 2.45) is 5.92 Å². The molecule has 30 heavy (non-hydrogen) atoms. The number of phenols is 1. The molecular weight excluding hydrogens is 393 g/mol. The number of rotatable bonds is 3. The number of nitrogens with one attached hydrogen (secondary N) is 2. The van der Waals surface area contributed by atoms with Gasteiger partial charge >= 0.3 is 6.36 Å². The first-order chi connectivity index (χ1) is 14.3. The fourth-order valence-corrected chi connectivity index (χ4v) is 5.97. The minimum Gasteiger partial charge on any atom is -0.506 e. The summed E-state index contributed by atoms with van der Waals surface area (Å²) in [7, 11) is 0. The molecule has 2 bridgehead atoms. The third kappa shape index (κ3) is 3.39. The monoisotopic (exact) mass is 418 g/mol. The largest absolute Gasteiger partial charge is 0.573 e. The number of aromatic hydroxyl groups is 1. The van der Waals surface area contributed by atoms with Crippen LogP contribution in [0, 0.1) is 5.92 Å². The Morgan fingerprint density at radius 1 is 1.10 bits per heavy atom. The van der Waals surface area contributed by atoms with Crippen LogP contribution in [0.2, 0.25) is 0 Å². The highest BCUT2D eigenvalue weighted by molar-refractivity contribution is 5.69. The van der Waals surface area contributed by atoms with Gasteiger partial charge in [0.25, 0.3) is 0 Å².